The number of anilines is 1. The van der Waals surface area contributed by atoms with Crippen molar-refractivity contribution in [2.45, 2.75) is 32.1 Å². The molecule has 1 aromatic carbocycles. The van der Waals surface area contributed by atoms with Crippen molar-refractivity contribution in [2.75, 3.05) is 31.5 Å². The number of benzene rings is 1. The Morgan fingerprint density at radius 1 is 0.870 bits per heavy atom. The van der Waals surface area contributed by atoms with Crippen LogP contribution in [0.15, 0.2) is 30.3 Å². The Hall–Kier alpha value is -2.04. The first-order valence-corrected chi connectivity index (χ1v) is 8.64. The number of urea groups is 1. The summed E-state index contributed by atoms with van der Waals surface area (Å²) in [4.78, 5) is 28.6. The van der Waals surface area contributed by atoms with Crippen molar-refractivity contribution < 1.29 is 9.59 Å². The van der Waals surface area contributed by atoms with Gasteiger partial charge in [-0.25, -0.2) is 4.79 Å². The Kier molecular flexibility index (Phi) is 5.16. The molecule has 3 rings (SSSR count). The third-order valence-electron chi connectivity index (χ3n) is 4.82. The fourth-order valence-corrected chi connectivity index (χ4v) is 3.43. The topological polar surface area (TPSA) is 52.7 Å². The maximum atomic E-state index is 12.5. The van der Waals surface area contributed by atoms with Crippen LogP contribution in [0.25, 0.3) is 0 Å². The molecule has 0 aliphatic carbocycles. The van der Waals surface area contributed by atoms with Crippen LogP contribution in [0.1, 0.15) is 32.1 Å². The quantitative estimate of drug-likeness (QED) is 0.912. The summed E-state index contributed by atoms with van der Waals surface area (Å²) in [5.41, 5.74) is 0.809. The summed E-state index contributed by atoms with van der Waals surface area (Å²) < 4.78 is 0. The number of piperidine rings is 2. The zero-order valence-electron chi connectivity index (χ0n) is 13.5. The largest absolute Gasteiger partial charge is 0.342 e. The molecule has 0 saturated carbocycles. The lowest BCUT2D eigenvalue weighted by Gasteiger charge is -2.35. The Morgan fingerprint density at radius 3 is 2.17 bits per heavy atom. The molecule has 124 valence electrons. The number of carbonyl (C=O) groups is 2. The summed E-state index contributed by atoms with van der Waals surface area (Å²) in [6.07, 6.45) is 5.05. The molecule has 2 fully saturated rings. The smallest absolute Gasteiger partial charge is 0.321 e. The van der Waals surface area contributed by atoms with Crippen molar-refractivity contribution in [1.82, 2.24) is 9.80 Å². The van der Waals surface area contributed by atoms with Gasteiger partial charge in [0.05, 0.1) is 0 Å². The van der Waals surface area contributed by atoms with Crippen molar-refractivity contribution in [3.63, 3.8) is 0 Å². The van der Waals surface area contributed by atoms with E-state index in [1.807, 2.05) is 40.1 Å². The lowest BCUT2D eigenvalue weighted by Crippen LogP contribution is -2.46. The predicted octanol–water partition coefficient (Wildman–Crippen LogP) is 2.94. The Morgan fingerprint density at radius 2 is 1.52 bits per heavy atom. The minimum atomic E-state index is -0.0694. The maximum absolute atomic E-state index is 12.5. The summed E-state index contributed by atoms with van der Waals surface area (Å²) in [6, 6.07) is 9.42. The van der Waals surface area contributed by atoms with E-state index in [-0.39, 0.29) is 11.9 Å². The van der Waals surface area contributed by atoms with Gasteiger partial charge in [-0.1, -0.05) is 18.2 Å². The van der Waals surface area contributed by atoms with Crippen LogP contribution in [-0.2, 0) is 4.79 Å². The molecule has 3 amide bonds. The lowest BCUT2D eigenvalue weighted by atomic mass is 9.94. The van der Waals surface area contributed by atoms with Crippen LogP contribution in [0.5, 0.6) is 0 Å². The molecular weight excluding hydrogens is 290 g/mol. The van der Waals surface area contributed by atoms with Gasteiger partial charge in [-0.05, 0) is 44.2 Å². The number of carbonyl (C=O) groups excluding carboxylic acids is 2. The molecule has 1 N–H and O–H groups in total. The molecule has 0 atom stereocenters. The van der Waals surface area contributed by atoms with E-state index in [4.69, 9.17) is 0 Å². The molecule has 0 unspecified atom stereocenters. The molecule has 0 radical (unpaired) electrons. The number of nitrogens with zero attached hydrogens (tertiary/aromatic N) is 2. The Balaban J connectivity index is 1.48. The van der Waals surface area contributed by atoms with Gasteiger partial charge in [0.25, 0.3) is 0 Å². The van der Waals surface area contributed by atoms with E-state index in [1.165, 1.54) is 6.42 Å². The van der Waals surface area contributed by atoms with E-state index in [9.17, 15) is 9.59 Å². The first-order chi connectivity index (χ1) is 11.2. The molecule has 1 aromatic rings. The minimum Gasteiger partial charge on any atom is -0.342 e. The van der Waals surface area contributed by atoms with Gasteiger partial charge in [0.2, 0.25) is 5.91 Å². The van der Waals surface area contributed by atoms with Crippen molar-refractivity contribution >= 4 is 17.6 Å². The maximum Gasteiger partial charge on any atom is 0.321 e. The highest BCUT2D eigenvalue weighted by Crippen LogP contribution is 2.22. The molecular formula is C18H25N3O2. The van der Waals surface area contributed by atoms with Gasteiger partial charge < -0.3 is 15.1 Å². The Labute approximate surface area is 137 Å². The third kappa shape index (κ3) is 4.03. The van der Waals surface area contributed by atoms with Gasteiger partial charge in [0.15, 0.2) is 0 Å². The van der Waals surface area contributed by atoms with E-state index < -0.39 is 0 Å². The number of nitrogens with one attached hydrogen (secondary N) is 1. The van der Waals surface area contributed by atoms with Gasteiger partial charge in [-0.15, -0.1) is 0 Å². The zero-order chi connectivity index (χ0) is 16.1. The van der Waals surface area contributed by atoms with Crippen LogP contribution in [0.2, 0.25) is 0 Å². The van der Waals surface area contributed by atoms with Gasteiger partial charge in [0.1, 0.15) is 0 Å². The molecule has 0 bridgehead atoms. The van der Waals surface area contributed by atoms with Crippen molar-refractivity contribution in [2.24, 2.45) is 5.92 Å². The summed E-state index contributed by atoms with van der Waals surface area (Å²) in [5.74, 6) is 0.390. The fourth-order valence-electron chi connectivity index (χ4n) is 3.43. The fraction of sp³-hybridized carbons (Fsp3) is 0.556. The van der Waals surface area contributed by atoms with Gasteiger partial charge in [0, 0.05) is 37.8 Å². The van der Waals surface area contributed by atoms with E-state index in [2.05, 4.69) is 5.32 Å². The molecule has 5 nitrogen and oxygen atoms in total. The van der Waals surface area contributed by atoms with E-state index in [1.54, 1.807) is 0 Å². The second-order valence-electron chi connectivity index (χ2n) is 6.44. The van der Waals surface area contributed by atoms with Crippen LogP contribution in [-0.4, -0.2) is 47.9 Å². The second-order valence-corrected chi connectivity index (χ2v) is 6.44. The third-order valence-corrected chi connectivity index (χ3v) is 4.82. The summed E-state index contributed by atoms with van der Waals surface area (Å²) in [5, 5.41) is 2.91. The van der Waals surface area contributed by atoms with Crippen LogP contribution < -0.4 is 5.32 Å². The number of hydrogen-bond donors (Lipinski definition) is 1. The molecule has 2 heterocycles. The number of amides is 3. The number of para-hydroxylation sites is 1. The zero-order valence-corrected chi connectivity index (χ0v) is 13.5. The molecule has 2 saturated heterocycles. The number of likely N-dealkylation sites (tertiary alicyclic amines) is 2. The number of rotatable bonds is 2. The van der Waals surface area contributed by atoms with Gasteiger partial charge in [-0.2, -0.15) is 0 Å². The monoisotopic (exact) mass is 315 g/mol. The highest BCUT2D eigenvalue weighted by molar-refractivity contribution is 5.89. The highest BCUT2D eigenvalue weighted by atomic mass is 16.2. The van der Waals surface area contributed by atoms with E-state index in [0.717, 1.165) is 44.5 Å². The Bertz CT molecular complexity index is 532. The first kappa shape index (κ1) is 15.8. The molecule has 2 aliphatic heterocycles. The van der Waals surface area contributed by atoms with Gasteiger partial charge in [-0.3, -0.25) is 4.79 Å². The number of hydrogen-bond acceptors (Lipinski definition) is 2. The van der Waals surface area contributed by atoms with Crippen molar-refractivity contribution in [1.29, 1.82) is 0 Å². The van der Waals surface area contributed by atoms with Crippen molar-refractivity contribution in [3.05, 3.63) is 30.3 Å². The molecule has 0 spiro atoms. The lowest BCUT2D eigenvalue weighted by molar-refractivity contribution is -0.137. The van der Waals surface area contributed by atoms with Crippen LogP contribution in [0.4, 0.5) is 10.5 Å². The van der Waals surface area contributed by atoms with Crippen molar-refractivity contribution in [3.8, 4) is 0 Å². The SMILES string of the molecule is O=C(Nc1ccccc1)N1CCC(C(=O)N2CCCCC2)CC1. The van der Waals surface area contributed by atoms with E-state index in [0.29, 0.717) is 19.0 Å². The standard InChI is InChI=1S/C18H25N3O2/c22-17(20-11-5-2-6-12-20)15-9-13-21(14-10-15)18(23)19-16-7-3-1-4-8-16/h1,3-4,7-8,15H,2,5-6,9-14H2,(H,19,23). The highest BCUT2D eigenvalue weighted by Gasteiger charge is 2.30. The molecule has 2 aliphatic rings. The minimum absolute atomic E-state index is 0.0694. The van der Waals surface area contributed by atoms with Crippen LogP contribution in [0.3, 0.4) is 0 Å². The normalized spacial score (nSPS) is 19.5. The molecule has 0 aromatic heterocycles. The summed E-state index contributed by atoms with van der Waals surface area (Å²) in [6.45, 7) is 3.13. The van der Waals surface area contributed by atoms with Crippen LogP contribution >= 0.6 is 0 Å². The summed E-state index contributed by atoms with van der Waals surface area (Å²) in [7, 11) is 0. The average molecular weight is 315 g/mol. The van der Waals surface area contributed by atoms with E-state index >= 15 is 0 Å². The molecule has 5 heteroatoms. The average Bonchev–Trinajstić information content (AvgIpc) is 2.63. The van der Waals surface area contributed by atoms with Gasteiger partial charge >= 0.3 is 6.03 Å². The second kappa shape index (κ2) is 7.49. The summed E-state index contributed by atoms with van der Waals surface area (Å²) >= 11 is 0. The molecule has 23 heavy (non-hydrogen) atoms. The predicted molar refractivity (Wildman–Crippen MR) is 90.2 cm³/mol. The first-order valence-electron chi connectivity index (χ1n) is 8.64. The van der Waals surface area contributed by atoms with Crippen LogP contribution in [0, 0.1) is 5.92 Å².